The van der Waals surface area contributed by atoms with E-state index in [1.807, 2.05) is 35.0 Å². The van der Waals surface area contributed by atoms with Gasteiger partial charge < -0.3 is 15.2 Å². The minimum atomic E-state index is -0.444. The lowest BCUT2D eigenvalue weighted by molar-refractivity contribution is -0.129. The highest BCUT2D eigenvalue weighted by Crippen LogP contribution is 2.28. The SMILES string of the molecule is CC(=O)N[C@H](C(=O)NCc1ccccc1-n1ccnc1)C1CCCC1. The van der Waals surface area contributed by atoms with Crippen molar-refractivity contribution >= 4 is 11.8 Å². The van der Waals surface area contributed by atoms with Crippen molar-refractivity contribution in [3.05, 3.63) is 48.5 Å². The van der Waals surface area contributed by atoms with Crippen LogP contribution in [0.4, 0.5) is 0 Å². The van der Waals surface area contributed by atoms with Gasteiger partial charge in [-0.3, -0.25) is 9.59 Å². The van der Waals surface area contributed by atoms with E-state index in [2.05, 4.69) is 15.6 Å². The molecule has 0 unspecified atom stereocenters. The number of imidazole rings is 1. The fourth-order valence-corrected chi connectivity index (χ4v) is 3.51. The van der Waals surface area contributed by atoms with E-state index in [1.165, 1.54) is 6.92 Å². The van der Waals surface area contributed by atoms with Gasteiger partial charge in [-0.2, -0.15) is 0 Å². The molecule has 6 nitrogen and oxygen atoms in total. The molecular weight excluding hydrogens is 316 g/mol. The molecule has 0 spiro atoms. The molecule has 2 N–H and O–H groups in total. The third-order valence-electron chi connectivity index (χ3n) is 4.74. The van der Waals surface area contributed by atoms with E-state index in [1.54, 1.807) is 12.5 Å². The van der Waals surface area contributed by atoms with Gasteiger partial charge in [-0.05, 0) is 30.4 Å². The molecule has 0 radical (unpaired) electrons. The maximum Gasteiger partial charge on any atom is 0.243 e. The largest absolute Gasteiger partial charge is 0.350 e. The Kier molecular flexibility index (Phi) is 5.48. The van der Waals surface area contributed by atoms with Crippen LogP contribution < -0.4 is 10.6 Å². The summed E-state index contributed by atoms with van der Waals surface area (Å²) in [6.45, 7) is 1.87. The van der Waals surface area contributed by atoms with E-state index in [0.717, 1.165) is 36.9 Å². The first kappa shape index (κ1) is 17.2. The molecule has 1 aromatic heterocycles. The van der Waals surface area contributed by atoms with Crippen LogP contribution in [0.3, 0.4) is 0 Å². The van der Waals surface area contributed by atoms with Crippen LogP contribution in [0.2, 0.25) is 0 Å². The van der Waals surface area contributed by atoms with Gasteiger partial charge in [0.15, 0.2) is 0 Å². The van der Waals surface area contributed by atoms with Gasteiger partial charge >= 0.3 is 0 Å². The van der Waals surface area contributed by atoms with E-state index in [-0.39, 0.29) is 17.7 Å². The molecule has 132 valence electrons. The molecule has 0 saturated heterocycles. The van der Waals surface area contributed by atoms with Crippen molar-refractivity contribution in [1.29, 1.82) is 0 Å². The minimum Gasteiger partial charge on any atom is -0.350 e. The summed E-state index contributed by atoms with van der Waals surface area (Å²) in [5.41, 5.74) is 1.99. The second kappa shape index (κ2) is 7.96. The van der Waals surface area contributed by atoms with E-state index in [0.29, 0.717) is 6.54 Å². The van der Waals surface area contributed by atoms with Crippen LogP contribution in [0, 0.1) is 5.92 Å². The Morgan fingerprint density at radius 1 is 1.28 bits per heavy atom. The molecule has 1 saturated carbocycles. The molecule has 3 rings (SSSR count). The van der Waals surface area contributed by atoms with Crippen molar-refractivity contribution < 1.29 is 9.59 Å². The Balaban J connectivity index is 1.69. The molecule has 0 aliphatic heterocycles. The minimum absolute atomic E-state index is 0.109. The second-order valence-corrected chi connectivity index (χ2v) is 6.54. The quantitative estimate of drug-likeness (QED) is 0.846. The first-order valence-electron chi connectivity index (χ1n) is 8.76. The zero-order chi connectivity index (χ0) is 17.6. The Labute approximate surface area is 147 Å². The maximum absolute atomic E-state index is 12.7. The van der Waals surface area contributed by atoms with E-state index in [4.69, 9.17) is 0 Å². The third-order valence-corrected chi connectivity index (χ3v) is 4.74. The topological polar surface area (TPSA) is 76.0 Å². The predicted octanol–water partition coefficient (Wildman–Crippen LogP) is 2.18. The Bertz CT molecular complexity index is 721. The van der Waals surface area contributed by atoms with Gasteiger partial charge in [0.1, 0.15) is 6.04 Å². The molecule has 1 aromatic carbocycles. The number of benzene rings is 1. The average molecular weight is 340 g/mol. The van der Waals surface area contributed by atoms with Crippen molar-refractivity contribution in [3.63, 3.8) is 0 Å². The third kappa shape index (κ3) is 4.26. The van der Waals surface area contributed by atoms with Crippen molar-refractivity contribution in [3.8, 4) is 5.69 Å². The number of nitrogens with zero attached hydrogens (tertiary/aromatic N) is 2. The Morgan fingerprint density at radius 3 is 2.72 bits per heavy atom. The normalized spacial score (nSPS) is 15.7. The first-order valence-corrected chi connectivity index (χ1v) is 8.76. The number of carbonyl (C=O) groups is 2. The molecule has 1 atom stereocenters. The molecule has 1 fully saturated rings. The summed E-state index contributed by atoms with van der Waals surface area (Å²) < 4.78 is 1.92. The lowest BCUT2D eigenvalue weighted by Crippen LogP contribution is -2.49. The number of rotatable bonds is 6. The lowest BCUT2D eigenvalue weighted by atomic mass is 9.97. The predicted molar refractivity (Wildman–Crippen MR) is 95.0 cm³/mol. The van der Waals surface area contributed by atoms with Crippen LogP contribution >= 0.6 is 0 Å². The molecule has 2 aromatic rings. The highest BCUT2D eigenvalue weighted by Gasteiger charge is 2.31. The molecule has 1 heterocycles. The van der Waals surface area contributed by atoms with Crippen molar-refractivity contribution in [2.45, 2.75) is 45.2 Å². The fourth-order valence-electron chi connectivity index (χ4n) is 3.51. The Morgan fingerprint density at radius 2 is 2.04 bits per heavy atom. The zero-order valence-corrected chi connectivity index (χ0v) is 14.4. The van der Waals surface area contributed by atoms with E-state index < -0.39 is 6.04 Å². The van der Waals surface area contributed by atoms with Crippen LogP contribution in [0.5, 0.6) is 0 Å². The van der Waals surface area contributed by atoms with Crippen molar-refractivity contribution in [2.75, 3.05) is 0 Å². The van der Waals surface area contributed by atoms with Gasteiger partial charge in [-0.1, -0.05) is 31.0 Å². The molecule has 1 aliphatic carbocycles. The van der Waals surface area contributed by atoms with Crippen LogP contribution in [-0.4, -0.2) is 27.4 Å². The summed E-state index contributed by atoms with van der Waals surface area (Å²) in [6, 6.07) is 7.44. The second-order valence-electron chi connectivity index (χ2n) is 6.54. The lowest BCUT2D eigenvalue weighted by Gasteiger charge is -2.23. The standard InChI is InChI=1S/C19H24N4O2/c1-14(24)22-18(15-6-2-3-7-15)19(25)21-12-16-8-4-5-9-17(16)23-11-10-20-13-23/h4-5,8-11,13,15,18H,2-3,6-7,12H2,1H3,(H,21,25)(H,22,24)/t18-/m0/s1. The van der Waals surface area contributed by atoms with Gasteiger partial charge in [0.2, 0.25) is 11.8 Å². The smallest absolute Gasteiger partial charge is 0.243 e. The molecular formula is C19H24N4O2. The number of para-hydroxylation sites is 1. The van der Waals surface area contributed by atoms with E-state index >= 15 is 0 Å². The average Bonchev–Trinajstić information content (AvgIpc) is 3.31. The summed E-state index contributed by atoms with van der Waals surface area (Å²) >= 11 is 0. The van der Waals surface area contributed by atoms with Crippen molar-refractivity contribution in [2.24, 2.45) is 5.92 Å². The summed E-state index contributed by atoms with van der Waals surface area (Å²) in [6.07, 6.45) is 9.56. The first-order chi connectivity index (χ1) is 12.1. The summed E-state index contributed by atoms with van der Waals surface area (Å²) in [7, 11) is 0. The zero-order valence-electron chi connectivity index (χ0n) is 14.4. The van der Waals surface area contributed by atoms with Gasteiger partial charge in [-0.15, -0.1) is 0 Å². The van der Waals surface area contributed by atoms with Crippen LogP contribution in [0.1, 0.15) is 38.2 Å². The van der Waals surface area contributed by atoms with Gasteiger partial charge in [0.25, 0.3) is 0 Å². The summed E-state index contributed by atoms with van der Waals surface area (Å²) in [5.74, 6) is -0.0406. The molecule has 25 heavy (non-hydrogen) atoms. The molecule has 0 bridgehead atoms. The molecule has 6 heteroatoms. The van der Waals surface area contributed by atoms with Gasteiger partial charge in [0, 0.05) is 25.9 Å². The van der Waals surface area contributed by atoms with Crippen LogP contribution in [-0.2, 0) is 16.1 Å². The number of aromatic nitrogens is 2. The van der Waals surface area contributed by atoms with Gasteiger partial charge in [-0.25, -0.2) is 4.98 Å². The van der Waals surface area contributed by atoms with Gasteiger partial charge in [0.05, 0.1) is 12.0 Å². The summed E-state index contributed by atoms with van der Waals surface area (Å²) in [5, 5.41) is 5.83. The number of hydrogen-bond acceptors (Lipinski definition) is 3. The summed E-state index contributed by atoms with van der Waals surface area (Å²) in [4.78, 5) is 28.3. The highest BCUT2D eigenvalue weighted by molar-refractivity contribution is 5.87. The maximum atomic E-state index is 12.7. The molecule has 1 aliphatic rings. The monoisotopic (exact) mass is 340 g/mol. The highest BCUT2D eigenvalue weighted by atomic mass is 16.2. The van der Waals surface area contributed by atoms with Crippen LogP contribution in [0.25, 0.3) is 5.69 Å². The number of hydrogen-bond donors (Lipinski definition) is 2. The Hall–Kier alpha value is -2.63. The van der Waals surface area contributed by atoms with Crippen molar-refractivity contribution in [1.82, 2.24) is 20.2 Å². The fraction of sp³-hybridized carbons (Fsp3) is 0.421. The number of nitrogens with one attached hydrogen (secondary N) is 2. The number of carbonyl (C=O) groups excluding carboxylic acids is 2. The van der Waals surface area contributed by atoms with E-state index in [9.17, 15) is 9.59 Å². The van der Waals surface area contributed by atoms with Crippen LogP contribution in [0.15, 0.2) is 43.0 Å². The molecule has 2 amide bonds. The number of amides is 2.